The fourth-order valence-electron chi connectivity index (χ4n) is 1.75. The summed E-state index contributed by atoms with van der Waals surface area (Å²) in [7, 11) is -1.21. The van der Waals surface area contributed by atoms with Gasteiger partial charge in [-0.3, -0.25) is 4.79 Å². The molecule has 0 amide bonds. The van der Waals surface area contributed by atoms with E-state index in [4.69, 9.17) is 14.6 Å². The van der Waals surface area contributed by atoms with Crippen molar-refractivity contribution >= 4 is 16.0 Å². The van der Waals surface area contributed by atoms with E-state index in [1.165, 1.54) is 26.4 Å². The number of rotatable bonds is 8. The van der Waals surface area contributed by atoms with E-state index in [1.807, 2.05) is 0 Å². The van der Waals surface area contributed by atoms with Gasteiger partial charge in [0.1, 0.15) is 17.2 Å². The molecule has 1 aromatic rings. The van der Waals surface area contributed by atoms with Crippen molar-refractivity contribution in [2.24, 2.45) is 0 Å². The molecule has 0 heterocycles. The van der Waals surface area contributed by atoms with Gasteiger partial charge in [0.05, 0.1) is 13.7 Å². The second kappa shape index (κ2) is 7.39. The lowest BCUT2D eigenvalue weighted by Gasteiger charge is -2.21. The summed E-state index contributed by atoms with van der Waals surface area (Å²) in [5.41, 5.74) is 0.733. The van der Waals surface area contributed by atoms with Crippen molar-refractivity contribution in [3.8, 4) is 5.75 Å². The van der Waals surface area contributed by atoms with Crippen molar-refractivity contribution in [2.45, 2.75) is 11.8 Å². The number of sulfonamides is 1. The van der Waals surface area contributed by atoms with Crippen LogP contribution < -0.4 is 4.74 Å². The first-order chi connectivity index (χ1) is 9.82. The molecule has 0 saturated heterocycles. The molecule has 1 N–H and O–H groups in total. The summed E-state index contributed by atoms with van der Waals surface area (Å²) >= 11 is 0. The minimum absolute atomic E-state index is 0.0533. The van der Waals surface area contributed by atoms with Crippen molar-refractivity contribution < 1.29 is 27.8 Å². The predicted octanol–water partition coefficient (Wildman–Crippen LogP) is 0.725. The topological polar surface area (TPSA) is 93.1 Å². The third kappa shape index (κ3) is 4.42. The van der Waals surface area contributed by atoms with E-state index in [0.717, 1.165) is 9.87 Å². The second-order valence-electron chi connectivity index (χ2n) is 4.38. The highest BCUT2D eigenvalue weighted by molar-refractivity contribution is 7.89. The summed E-state index contributed by atoms with van der Waals surface area (Å²) in [4.78, 5) is 10.8. The highest BCUT2D eigenvalue weighted by atomic mass is 32.2. The van der Waals surface area contributed by atoms with Crippen molar-refractivity contribution in [3.05, 3.63) is 23.8 Å². The van der Waals surface area contributed by atoms with E-state index in [0.29, 0.717) is 0 Å². The molecule has 0 aromatic heterocycles. The first-order valence-electron chi connectivity index (χ1n) is 6.18. The SMILES string of the molecule is COCCN(CC(=O)O)S(=O)(=O)c1cc(C)ccc1OC. The molecule has 0 aliphatic heterocycles. The standard InChI is InChI=1S/C13H19NO6S/c1-10-4-5-11(20-3)12(8-10)21(17,18)14(6-7-19-2)9-13(15)16/h4-5,8H,6-7,9H2,1-3H3,(H,15,16). The van der Waals surface area contributed by atoms with Crippen molar-refractivity contribution in [2.75, 3.05) is 33.9 Å². The summed E-state index contributed by atoms with van der Waals surface area (Å²) in [6.45, 7) is 1.15. The van der Waals surface area contributed by atoms with Crippen molar-refractivity contribution in [1.29, 1.82) is 0 Å². The molecule has 0 spiro atoms. The van der Waals surface area contributed by atoms with Crippen LogP contribution in [0.2, 0.25) is 0 Å². The number of carboxylic acids is 1. The fourth-order valence-corrected chi connectivity index (χ4v) is 3.37. The highest BCUT2D eigenvalue weighted by Gasteiger charge is 2.29. The quantitative estimate of drug-likeness (QED) is 0.759. The smallest absolute Gasteiger partial charge is 0.318 e. The van der Waals surface area contributed by atoms with E-state index in [1.54, 1.807) is 13.0 Å². The Morgan fingerprint density at radius 3 is 2.52 bits per heavy atom. The first kappa shape index (κ1) is 17.4. The van der Waals surface area contributed by atoms with Crippen LogP contribution in [-0.2, 0) is 19.6 Å². The fraction of sp³-hybridized carbons (Fsp3) is 0.462. The van der Waals surface area contributed by atoms with E-state index < -0.39 is 22.5 Å². The first-order valence-corrected chi connectivity index (χ1v) is 7.62. The van der Waals surface area contributed by atoms with Crippen LogP contribution in [0.15, 0.2) is 23.1 Å². The molecule has 1 rings (SSSR count). The van der Waals surface area contributed by atoms with E-state index in [9.17, 15) is 13.2 Å². The molecule has 7 nitrogen and oxygen atoms in total. The van der Waals surface area contributed by atoms with Gasteiger partial charge < -0.3 is 14.6 Å². The largest absolute Gasteiger partial charge is 0.495 e. The second-order valence-corrected chi connectivity index (χ2v) is 6.29. The van der Waals surface area contributed by atoms with Crippen molar-refractivity contribution in [1.82, 2.24) is 4.31 Å². The molecule has 1 aromatic carbocycles. The van der Waals surface area contributed by atoms with Crippen LogP contribution in [0.5, 0.6) is 5.75 Å². The minimum atomic E-state index is -3.99. The summed E-state index contributed by atoms with van der Waals surface area (Å²) in [6, 6.07) is 4.71. The number of hydrogen-bond acceptors (Lipinski definition) is 5. The Balaban J connectivity index is 3.27. The summed E-state index contributed by atoms with van der Waals surface area (Å²) < 4.78 is 36.0. The van der Waals surface area contributed by atoms with E-state index in [2.05, 4.69) is 0 Å². The molecular weight excluding hydrogens is 298 g/mol. The molecule has 0 bridgehead atoms. The number of hydrogen-bond donors (Lipinski definition) is 1. The van der Waals surface area contributed by atoms with Gasteiger partial charge >= 0.3 is 5.97 Å². The molecule has 0 atom stereocenters. The Kier molecular flexibility index (Phi) is 6.13. The molecule has 0 aliphatic carbocycles. The maximum atomic E-state index is 12.6. The molecule has 0 unspecified atom stereocenters. The molecule has 21 heavy (non-hydrogen) atoms. The summed E-state index contributed by atoms with van der Waals surface area (Å²) in [6.07, 6.45) is 0. The lowest BCUT2D eigenvalue weighted by Crippen LogP contribution is -2.38. The van der Waals surface area contributed by atoms with Gasteiger partial charge in [-0.25, -0.2) is 8.42 Å². The zero-order valence-electron chi connectivity index (χ0n) is 12.2. The number of carbonyl (C=O) groups is 1. The number of methoxy groups -OCH3 is 2. The summed E-state index contributed by atoms with van der Waals surface area (Å²) in [5, 5.41) is 8.90. The molecule has 0 radical (unpaired) electrons. The highest BCUT2D eigenvalue weighted by Crippen LogP contribution is 2.27. The van der Waals surface area contributed by atoms with Gasteiger partial charge in [-0.1, -0.05) is 6.07 Å². The Bertz CT molecular complexity index is 599. The number of aliphatic carboxylic acids is 1. The Morgan fingerprint density at radius 1 is 1.33 bits per heavy atom. The molecular formula is C13H19NO6S. The van der Waals surface area contributed by atoms with Gasteiger partial charge in [-0.2, -0.15) is 4.31 Å². The lowest BCUT2D eigenvalue weighted by atomic mass is 10.2. The van der Waals surface area contributed by atoms with E-state index >= 15 is 0 Å². The van der Waals surface area contributed by atoms with Crippen LogP contribution in [0.4, 0.5) is 0 Å². The monoisotopic (exact) mass is 317 g/mol. The Labute approximate surface area is 124 Å². The molecule has 118 valence electrons. The van der Waals surface area contributed by atoms with Gasteiger partial charge in [0.15, 0.2) is 0 Å². The van der Waals surface area contributed by atoms with Crippen LogP contribution in [0.1, 0.15) is 5.56 Å². The number of benzene rings is 1. The molecule has 0 saturated carbocycles. The average Bonchev–Trinajstić information content (AvgIpc) is 2.42. The van der Waals surface area contributed by atoms with Crippen molar-refractivity contribution in [3.63, 3.8) is 0 Å². The number of aryl methyl sites for hydroxylation is 1. The average molecular weight is 317 g/mol. The van der Waals surface area contributed by atoms with Crippen LogP contribution in [0.3, 0.4) is 0 Å². The zero-order chi connectivity index (χ0) is 16.0. The lowest BCUT2D eigenvalue weighted by molar-refractivity contribution is -0.137. The van der Waals surface area contributed by atoms with Crippen LogP contribution in [0.25, 0.3) is 0 Å². The maximum Gasteiger partial charge on any atom is 0.318 e. The maximum absolute atomic E-state index is 12.6. The van der Waals surface area contributed by atoms with Gasteiger partial charge in [0.25, 0.3) is 0 Å². The summed E-state index contributed by atoms with van der Waals surface area (Å²) in [5.74, 6) is -1.06. The normalized spacial score (nSPS) is 11.6. The van der Waals surface area contributed by atoms with Gasteiger partial charge in [0.2, 0.25) is 10.0 Å². The third-order valence-electron chi connectivity index (χ3n) is 2.79. The van der Waals surface area contributed by atoms with Gasteiger partial charge in [-0.15, -0.1) is 0 Å². The van der Waals surface area contributed by atoms with Gasteiger partial charge in [0, 0.05) is 13.7 Å². The molecule has 0 fully saturated rings. The van der Waals surface area contributed by atoms with Gasteiger partial charge in [-0.05, 0) is 24.6 Å². The molecule has 8 heteroatoms. The zero-order valence-corrected chi connectivity index (χ0v) is 13.0. The third-order valence-corrected chi connectivity index (χ3v) is 4.66. The Morgan fingerprint density at radius 2 is 2.00 bits per heavy atom. The Hall–Kier alpha value is -1.64. The number of nitrogens with zero attached hydrogens (tertiary/aromatic N) is 1. The van der Waals surface area contributed by atoms with Crippen LogP contribution in [-0.4, -0.2) is 57.7 Å². The van der Waals surface area contributed by atoms with E-state index in [-0.39, 0.29) is 23.8 Å². The van der Waals surface area contributed by atoms with Crippen LogP contribution in [0, 0.1) is 6.92 Å². The number of carboxylic acid groups (broad SMARTS) is 1. The minimum Gasteiger partial charge on any atom is -0.495 e. The predicted molar refractivity (Wildman–Crippen MR) is 76.0 cm³/mol. The molecule has 0 aliphatic rings. The number of ether oxygens (including phenoxy) is 2. The van der Waals surface area contributed by atoms with Crippen LogP contribution >= 0.6 is 0 Å².